The molecule has 0 unspecified atom stereocenters. The molecule has 0 saturated carbocycles. The summed E-state index contributed by atoms with van der Waals surface area (Å²) in [5, 5.41) is 3.71. The van der Waals surface area contributed by atoms with Crippen LogP contribution in [0.3, 0.4) is 0 Å². The fourth-order valence-corrected chi connectivity index (χ4v) is 6.42. The number of allylic oxidation sites excluding steroid dienone is 2. The third-order valence-electron chi connectivity index (χ3n) is 4.67. The second-order valence-electron chi connectivity index (χ2n) is 6.14. The van der Waals surface area contributed by atoms with Gasteiger partial charge < -0.3 is 4.90 Å². The molecule has 2 aliphatic rings. The Bertz CT molecular complexity index is 1020. The van der Waals surface area contributed by atoms with Gasteiger partial charge in [-0.3, -0.25) is 0 Å². The van der Waals surface area contributed by atoms with Gasteiger partial charge in [0.1, 0.15) is 4.91 Å². The Morgan fingerprint density at radius 3 is 2.63 bits per heavy atom. The Balaban J connectivity index is 1.69. The van der Waals surface area contributed by atoms with E-state index in [4.69, 9.17) is 0 Å². The monoisotopic (exact) mass is 413 g/mol. The molecule has 0 saturated heterocycles. The number of hydrogen-bond donors (Lipinski definition) is 0. The van der Waals surface area contributed by atoms with Gasteiger partial charge in [-0.25, -0.2) is 4.79 Å². The molecule has 2 aromatic rings. The lowest BCUT2D eigenvalue weighted by Gasteiger charge is -2.19. The third-order valence-corrected chi connectivity index (χ3v) is 8.03. The molecule has 0 fully saturated rings. The first-order valence-electron chi connectivity index (χ1n) is 8.97. The smallest absolute Gasteiger partial charge is 0.335 e. The minimum Gasteiger partial charge on any atom is -0.335 e. The van der Waals surface area contributed by atoms with Gasteiger partial charge in [-0.1, -0.05) is 53.9 Å². The summed E-state index contributed by atoms with van der Waals surface area (Å²) in [6.07, 6.45) is 6.10. The number of amides is 1. The zero-order chi connectivity index (χ0) is 19.0. The van der Waals surface area contributed by atoms with Gasteiger partial charge in [0, 0.05) is 16.8 Å². The van der Waals surface area contributed by atoms with Gasteiger partial charge in [-0.15, -0.1) is 4.58 Å². The molecule has 0 aromatic heterocycles. The number of hydrogen-bond acceptors (Lipinski definition) is 5. The standard InChI is InChI=1S/C21H21N2OS3/c1-4-22-18(13-12-17-20(24)23(5-2)21(25-3)27-17)26-16-11-10-14-8-6-7-9-15(14)19(16)22/h6-13H,4-5H2,1-3H3/q+1/b17-12-,18-13-. The fourth-order valence-electron chi connectivity index (χ4n) is 3.40. The van der Waals surface area contributed by atoms with Crippen molar-refractivity contribution < 1.29 is 9.37 Å². The second-order valence-corrected chi connectivity index (χ2v) is 9.28. The molecular weight excluding hydrogens is 392 g/mol. The van der Waals surface area contributed by atoms with E-state index in [0.29, 0.717) is 6.54 Å². The number of fused-ring (bicyclic) bond motifs is 3. The van der Waals surface area contributed by atoms with E-state index in [1.165, 1.54) is 26.4 Å². The molecular formula is C21H21N2OS3+. The molecule has 4 rings (SSSR count). The highest BCUT2D eigenvalue weighted by Gasteiger charge is 2.36. The predicted octanol–water partition coefficient (Wildman–Crippen LogP) is 5.52. The summed E-state index contributed by atoms with van der Waals surface area (Å²) in [6, 6.07) is 12.9. The zero-order valence-corrected chi connectivity index (χ0v) is 18.0. The Labute approximate surface area is 172 Å². The third kappa shape index (κ3) is 3.24. The van der Waals surface area contributed by atoms with E-state index < -0.39 is 0 Å². The van der Waals surface area contributed by atoms with Crippen molar-refractivity contribution in [3.8, 4) is 0 Å². The van der Waals surface area contributed by atoms with Crippen molar-refractivity contribution >= 4 is 62.0 Å². The molecule has 2 aromatic carbocycles. The Kier molecular flexibility index (Phi) is 5.39. The summed E-state index contributed by atoms with van der Waals surface area (Å²) in [4.78, 5) is 17.0. The first-order chi connectivity index (χ1) is 13.2. The van der Waals surface area contributed by atoms with E-state index in [9.17, 15) is 4.79 Å². The number of rotatable bonds is 3. The van der Waals surface area contributed by atoms with Crippen molar-refractivity contribution in [1.82, 2.24) is 0 Å². The first-order valence-corrected chi connectivity index (χ1v) is 11.8. The largest absolute Gasteiger partial charge is 0.427 e. The summed E-state index contributed by atoms with van der Waals surface area (Å²) >= 11 is 4.99. The lowest BCUT2D eigenvalue weighted by Crippen LogP contribution is -2.18. The molecule has 0 spiro atoms. The maximum Gasteiger partial charge on any atom is 0.427 e. The Hall–Kier alpha value is -1.63. The van der Waals surface area contributed by atoms with E-state index in [2.05, 4.69) is 54.3 Å². The minimum atomic E-state index is 0.109. The lowest BCUT2D eigenvalue weighted by molar-refractivity contribution is -0.433. The number of carbonyl (C=O) groups excluding carboxylic acids is 1. The molecule has 2 heterocycles. The van der Waals surface area contributed by atoms with Crippen LogP contribution in [-0.4, -0.2) is 34.2 Å². The van der Waals surface area contributed by atoms with Gasteiger partial charge in [-0.05, 0) is 55.5 Å². The molecule has 27 heavy (non-hydrogen) atoms. The summed E-state index contributed by atoms with van der Waals surface area (Å²) in [6.45, 7) is 5.80. The second kappa shape index (κ2) is 7.78. The van der Waals surface area contributed by atoms with Crippen LogP contribution < -0.4 is 4.90 Å². The van der Waals surface area contributed by atoms with Crippen molar-refractivity contribution in [3.05, 3.63) is 58.5 Å². The van der Waals surface area contributed by atoms with E-state index >= 15 is 0 Å². The van der Waals surface area contributed by atoms with Crippen LogP contribution in [0.5, 0.6) is 0 Å². The number of carbonyl (C=O) groups is 1. The number of benzene rings is 2. The molecule has 0 radical (unpaired) electrons. The van der Waals surface area contributed by atoms with Crippen LogP contribution in [0.25, 0.3) is 10.8 Å². The van der Waals surface area contributed by atoms with Crippen molar-refractivity contribution in [2.75, 3.05) is 24.2 Å². The van der Waals surface area contributed by atoms with E-state index in [-0.39, 0.29) is 5.91 Å². The average molecular weight is 414 g/mol. The van der Waals surface area contributed by atoms with E-state index in [1.54, 1.807) is 35.3 Å². The van der Waals surface area contributed by atoms with Gasteiger partial charge in [0.25, 0.3) is 4.38 Å². The van der Waals surface area contributed by atoms with Crippen LogP contribution in [-0.2, 0) is 4.79 Å². The van der Waals surface area contributed by atoms with Crippen molar-refractivity contribution in [1.29, 1.82) is 0 Å². The molecule has 0 bridgehead atoms. The highest BCUT2D eigenvalue weighted by Crippen LogP contribution is 2.49. The summed E-state index contributed by atoms with van der Waals surface area (Å²) < 4.78 is 2.91. The summed E-state index contributed by atoms with van der Waals surface area (Å²) in [7, 11) is 0. The van der Waals surface area contributed by atoms with Gasteiger partial charge in [0.05, 0.1) is 10.7 Å². The SMILES string of the molecule is CCN1/C(=C/C=C2\SC(SC)=[N+](CC)C2=O)Sc2ccc3ccccc3c21. The molecule has 6 heteroatoms. The normalized spacial score (nSPS) is 19.8. The molecule has 0 atom stereocenters. The molecule has 0 N–H and O–H groups in total. The number of anilines is 1. The molecule has 2 aliphatic heterocycles. The topological polar surface area (TPSA) is 23.3 Å². The van der Waals surface area contributed by atoms with Crippen molar-refractivity contribution in [3.63, 3.8) is 0 Å². The van der Waals surface area contributed by atoms with Crippen LogP contribution in [0, 0.1) is 0 Å². The minimum absolute atomic E-state index is 0.109. The highest BCUT2D eigenvalue weighted by atomic mass is 32.2. The van der Waals surface area contributed by atoms with E-state index in [0.717, 1.165) is 15.8 Å². The average Bonchev–Trinajstić information content (AvgIpc) is 3.22. The maximum absolute atomic E-state index is 12.6. The van der Waals surface area contributed by atoms with Crippen LogP contribution in [0.15, 0.2) is 63.4 Å². The Morgan fingerprint density at radius 1 is 1.11 bits per heavy atom. The number of thioether (sulfide) groups is 3. The molecule has 1 amide bonds. The number of likely N-dealkylation sites (N-methyl/N-ethyl adjacent to an activating group) is 1. The molecule has 138 valence electrons. The summed E-state index contributed by atoms with van der Waals surface area (Å²) in [5.41, 5.74) is 1.28. The van der Waals surface area contributed by atoms with Crippen LogP contribution in [0.2, 0.25) is 0 Å². The van der Waals surface area contributed by atoms with Crippen LogP contribution in [0.1, 0.15) is 13.8 Å². The maximum atomic E-state index is 12.6. The lowest BCUT2D eigenvalue weighted by atomic mass is 10.1. The van der Waals surface area contributed by atoms with E-state index in [1.807, 2.05) is 23.8 Å². The van der Waals surface area contributed by atoms with Crippen molar-refractivity contribution in [2.45, 2.75) is 18.7 Å². The zero-order valence-electron chi connectivity index (χ0n) is 15.6. The Morgan fingerprint density at radius 2 is 1.93 bits per heavy atom. The fraction of sp³-hybridized carbons (Fsp3) is 0.238. The van der Waals surface area contributed by atoms with Crippen LogP contribution >= 0.6 is 35.3 Å². The first kappa shape index (κ1) is 18.7. The number of nitrogens with zero attached hydrogens (tertiary/aromatic N) is 2. The van der Waals surface area contributed by atoms with Crippen LogP contribution in [0.4, 0.5) is 5.69 Å². The van der Waals surface area contributed by atoms with Gasteiger partial charge >= 0.3 is 5.91 Å². The van der Waals surface area contributed by atoms with Crippen molar-refractivity contribution in [2.24, 2.45) is 0 Å². The predicted molar refractivity (Wildman–Crippen MR) is 121 cm³/mol. The quantitative estimate of drug-likeness (QED) is 0.487. The molecule has 0 aliphatic carbocycles. The van der Waals surface area contributed by atoms with Gasteiger partial charge in [0.15, 0.2) is 6.54 Å². The molecule has 3 nitrogen and oxygen atoms in total. The summed E-state index contributed by atoms with van der Waals surface area (Å²) in [5.74, 6) is 0.109. The highest BCUT2D eigenvalue weighted by molar-refractivity contribution is 8.40. The van der Waals surface area contributed by atoms with Gasteiger partial charge in [0.2, 0.25) is 0 Å². The van der Waals surface area contributed by atoms with Gasteiger partial charge in [-0.2, -0.15) is 0 Å².